The van der Waals surface area contributed by atoms with Gasteiger partial charge in [0.25, 0.3) is 0 Å². The van der Waals surface area contributed by atoms with Crippen molar-refractivity contribution in [2.24, 2.45) is 11.1 Å². The lowest BCUT2D eigenvalue weighted by Gasteiger charge is -2.29. The van der Waals surface area contributed by atoms with Crippen LogP contribution in [0, 0.1) is 5.41 Å². The van der Waals surface area contributed by atoms with E-state index >= 15 is 0 Å². The first-order valence-electron chi connectivity index (χ1n) is 7.02. The largest absolute Gasteiger partial charge is 0.354 e. The minimum absolute atomic E-state index is 0.0334. The van der Waals surface area contributed by atoms with Crippen molar-refractivity contribution in [3.05, 3.63) is 35.9 Å². The first kappa shape index (κ1) is 16.7. The SMILES string of the molecule is CN(C)CC(C)(C)CNC(=O)[C@@H](N)Cc1ccccc1. The third-order valence-electron chi connectivity index (χ3n) is 3.12. The van der Waals surface area contributed by atoms with Crippen molar-refractivity contribution >= 4 is 5.91 Å². The molecule has 4 heteroatoms. The van der Waals surface area contributed by atoms with E-state index < -0.39 is 6.04 Å². The van der Waals surface area contributed by atoms with Gasteiger partial charge in [0.15, 0.2) is 0 Å². The molecule has 20 heavy (non-hydrogen) atoms. The van der Waals surface area contributed by atoms with Gasteiger partial charge in [0.05, 0.1) is 6.04 Å². The number of amides is 1. The second-order valence-electron chi connectivity index (χ2n) is 6.42. The van der Waals surface area contributed by atoms with Crippen LogP contribution < -0.4 is 11.1 Å². The summed E-state index contributed by atoms with van der Waals surface area (Å²) >= 11 is 0. The summed E-state index contributed by atoms with van der Waals surface area (Å²) in [6, 6.07) is 9.36. The minimum Gasteiger partial charge on any atom is -0.354 e. The summed E-state index contributed by atoms with van der Waals surface area (Å²) in [6.07, 6.45) is 0.570. The number of nitrogens with one attached hydrogen (secondary N) is 1. The summed E-state index contributed by atoms with van der Waals surface area (Å²) in [7, 11) is 4.06. The van der Waals surface area contributed by atoms with Crippen LogP contribution in [0.4, 0.5) is 0 Å². The highest BCUT2D eigenvalue weighted by molar-refractivity contribution is 5.81. The average molecular weight is 277 g/mol. The van der Waals surface area contributed by atoms with Gasteiger partial charge in [-0.15, -0.1) is 0 Å². The number of benzene rings is 1. The standard InChI is InChI=1S/C16H27N3O/c1-16(2,12-19(3)4)11-18-15(20)14(17)10-13-8-6-5-7-9-13/h5-9,14H,10-12,17H2,1-4H3,(H,18,20)/t14-/m0/s1. The molecule has 1 atom stereocenters. The summed E-state index contributed by atoms with van der Waals surface area (Å²) in [4.78, 5) is 14.2. The Morgan fingerprint density at radius 1 is 1.30 bits per heavy atom. The smallest absolute Gasteiger partial charge is 0.237 e. The molecule has 0 saturated carbocycles. The molecular formula is C16H27N3O. The first-order chi connectivity index (χ1) is 9.30. The molecule has 0 fully saturated rings. The van der Waals surface area contributed by atoms with Crippen molar-refractivity contribution in [3.8, 4) is 0 Å². The highest BCUT2D eigenvalue weighted by atomic mass is 16.2. The fourth-order valence-electron chi connectivity index (χ4n) is 2.33. The number of hydrogen-bond acceptors (Lipinski definition) is 3. The van der Waals surface area contributed by atoms with E-state index in [0.717, 1.165) is 12.1 Å². The fraction of sp³-hybridized carbons (Fsp3) is 0.562. The van der Waals surface area contributed by atoms with Crippen molar-refractivity contribution in [2.75, 3.05) is 27.2 Å². The molecule has 1 aromatic rings. The summed E-state index contributed by atoms with van der Waals surface area (Å²) < 4.78 is 0. The van der Waals surface area contributed by atoms with E-state index in [1.165, 1.54) is 0 Å². The lowest BCUT2D eigenvalue weighted by atomic mass is 9.92. The third kappa shape index (κ3) is 6.17. The number of nitrogens with zero attached hydrogens (tertiary/aromatic N) is 1. The molecule has 0 unspecified atom stereocenters. The Kier molecular flexibility index (Phi) is 6.17. The Hall–Kier alpha value is -1.39. The van der Waals surface area contributed by atoms with Crippen LogP contribution in [0.15, 0.2) is 30.3 Å². The van der Waals surface area contributed by atoms with Crippen molar-refractivity contribution < 1.29 is 4.79 Å². The van der Waals surface area contributed by atoms with Gasteiger partial charge in [0, 0.05) is 13.1 Å². The summed E-state index contributed by atoms with van der Waals surface area (Å²) in [6.45, 7) is 5.82. The van der Waals surface area contributed by atoms with Gasteiger partial charge in [-0.2, -0.15) is 0 Å². The fourth-order valence-corrected chi connectivity index (χ4v) is 2.33. The maximum atomic E-state index is 12.0. The van der Waals surface area contributed by atoms with Crippen molar-refractivity contribution in [2.45, 2.75) is 26.3 Å². The first-order valence-corrected chi connectivity index (χ1v) is 7.02. The van der Waals surface area contributed by atoms with Gasteiger partial charge in [0.2, 0.25) is 5.91 Å². The van der Waals surface area contributed by atoms with E-state index in [1.54, 1.807) is 0 Å². The molecule has 1 aromatic carbocycles. The van der Waals surface area contributed by atoms with Crippen LogP contribution in [-0.2, 0) is 11.2 Å². The normalized spacial score (nSPS) is 13.3. The lowest BCUT2D eigenvalue weighted by Crippen LogP contribution is -2.47. The van der Waals surface area contributed by atoms with E-state index in [1.807, 2.05) is 44.4 Å². The van der Waals surface area contributed by atoms with Gasteiger partial charge < -0.3 is 16.0 Å². The molecule has 112 valence electrons. The predicted molar refractivity (Wildman–Crippen MR) is 83.5 cm³/mol. The summed E-state index contributed by atoms with van der Waals surface area (Å²) in [5, 5.41) is 2.96. The molecule has 0 aliphatic rings. The van der Waals surface area contributed by atoms with E-state index in [-0.39, 0.29) is 11.3 Å². The zero-order valence-electron chi connectivity index (χ0n) is 13.0. The van der Waals surface area contributed by atoms with E-state index in [9.17, 15) is 4.79 Å². The zero-order chi connectivity index (χ0) is 15.2. The lowest BCUT2D eigenvalue weighted by molar-refractivity contribution is -0.122. The Morgan fingerprint density at radius 2 is 1.90 bits per heavy atom. The molecule has 0 aliphatic carbocycles. The van der Waals surface area contributed by atoms with Gasteiger partial charge in [-0.3, -0.25) is 4.79 Å². The van der Waals surface area contributed by atoms with Crippen LogP contribution in [0.3, 0.4) is 0 Å². The summed E-state index contributed by atoms with van der Waals surface area (Å²) in [5.74, 6) is -0.0827. The predicted octanol–water partition coefficient (Wildman–Crippen LogP) is 1.26. The van der Waals surface area contributed by atoms with Crippen molar-refractivity contribution in [1.29, 1.82) is 0 Å². The number of carbonyl (C=O) groups is 1. The number of hydrogen-bond donors (Lipinski definition) is 2. The highest BCUT2D eigenvalue weighted by Gasteiger charge is 2.21. The maximum absolute atomic E-state index is 12.0. The number of rotatable bonds is 7. The van der Waals surface area contributed by atoms with Crippen molar-refractivity contribution in [1.82, 2.24) is 10.2 Å². The van der Waals surface area contributed by atoms with Gasteiger partial charge in [-0.25, -0.2) is 0 Å². The molecule has 1 amide bonds. The van der Waals surface area contributed by atoms with E-state index in [4.69, 9.17) is 5.73 Å². The quantitative estimate of drug-likeness (QED) is 0.789. The molecule has 0 heterocycles. The summed E-state index contributed by atoms with van der Waals surface area (Å²) in [5.41, 5.74) is 7.08. The van der Waals surface area contributed by atoms with Crippen LogP contribution in [-0.4, -0.2) is 44.0 Å². The molecule has 0 aromatic heterocycles. The molecule has 0 spiro atoms. The van der Waals surface area contributed by atoms with Gasteiger partial charge >= 0.3 is 0 Å². The molecular weight excluding hydrogens is 250 g/mol. The topological polar surface area (TPSA) is 58.4 Å². The van der Waals surface area contributed by atoms with Crippen LogP contribution in [0.25, 0.3) is 0 Å². The average Bonchev–Trinajstić information content (AvgIpc) is 2.35. The van der Waals surface area contributed by atoms with Gasteiger partial charge in [0.1, 0.15) is 0 Å². The monoisotopic (exact) mass is 277 g/mol. The molecule has 3 N–H and O–H groups in total. The van der Waals surface area contributed by atoms with Gasteiger partial charge in [-0.1, -0.05) is 44.2 Å². The van der Waals surface area contributed by atoms with Gasteiger partial charge in [-0.05, 0) is 31.5 Å². The number of carbonyl (C=O) groups excluding carboxylic acids is 1. The number of nitrogens with two attached hydrogens (primary N) is 1. The van der Waals surface area contributed by atoms with E-state index in [0.29, 0.717) is 13.0 Å². The molecule has 0 saturated heterocycles. The Labute approximate surface area is 122 Å². The molecule has 0 aliphatic heterocycles. The highest BCUT2D eigenvalue weighted by Crippen LogP contribution is 2.14. The van der Waals surface area contributed by atoms with Crippen molar-refractivity contribution in [3.63, 3.8) is 0 Å². The molecule has 0 bridgehead atoms. The Balaban J connectivity index is 2.42. The second kappa shape index (κ2) is 7.41. The van der Waals surface area contributed by atoms with E-state index in [2.05, 4.69) is 24.1 Å². The molecule has 1 rings (SSSR count). The Morgan fingerprint density at radius 3 is 2.45 bits per heavy atom. The Bertz CT molecular complexity index is 415. The van der Waals surface area contributed by atoms with Crippen LogP contribution in [0.5, 0.6) is 0 Å². The zero-order valence-corrected chi connectivity index (χ0v) is 13.0. The third-order valence-corrected chi connectivity index (χ3v) is 3.12. The molecule has 4 nitrogen and oxygen atoms in total. The maximum Gasteiger partial charge on any atom is 0.237 e. The van der Waals surface area contributed by atoms with Crippen LogP contribution in [0.2, 0.25) is 0 Å². The van der Waals surface area contributed by atoms with Crippen LogP contribution >= 0.6 is 0 Å². The van der Waals surface area contributed by atoms with Crippen LogP contribution in [0.1, 0.15) is 19.4 Å². The second-order valence-corrected chi connectivity index (χ2v) is 6.42. The minimum atomic E-state index is -0.493. The molecule has 0 radical (unpaired) electrons.